The molecular weight excluding hydrogens is 160 g/mol. The summed E-state index contributed by atoms with van der Waals surface area (Å²) in [5.74, 6) is 1.11. The molecule has 0 spiro atoms. The Hall–Kier alpha value is -0.590. The fourth-order valence-corrected chi connectivity index (χ4v) is 1.11. The monoisotopic (exact) mass is 182 g/mol. The number of rotatable bonds is 6. The van der Waals surface area contributed by atoms with Gasteiger partial charge in [0.05, 0.1) is 0 Å². The minimum absolute atomic E-state index is 0.418. The summed E-state index contributed by atoms with van der Waals surface area (Å²) in [5.41, 5.74) is 0.975. The molecule has 0 heterocycles. The Morgan fingerprint density at radius 2 is 1.85 bits per heavy atom. The van der Waals surface area contributed by atoms with Gasteiger partial charge in [-0.3, -0.25) is 4.79 Å². The highest BCUT2D eigenvalue weighted by Crippen LogP contribution is 2.15. The molecule has 0 rings (SSSR count). The molecule has 1 nitrogen and oxygen atoms in total. The van der Waals surface area contributed by atoms with Crippen molar-refractivity contribution in [1.29, 1.82) is 0 Å². The molecule has 0 amide bonds. The zero-order valence-corrected chi connectivity index (χ0v) is 9.34. The van der Waals surface area contributed by atoms with Crippen molar-refractivity contribution in [3.8, 4) is 0 Å². The maximum Gasteiger partial charge on any atom is 0.145 e. The molecule has 2 unspecified atom stereocenters. The van der Waals surface area contributed by atoms with Gasteiger partial charge in [-0.25, -0.2) is 0 Å². The van der Waals surface area contributed by atoms with Crippen molar-refractivity contribution < 1.29 is 4.79 Å². The SMILES string of the molecule is CCC(C)CC=C(C=O)C(C)CC. The van der Waals surface area contributed by atoms with Crippen LogP contribution in [0.2, 0.25) is 0 Å². The molecule has 0 saturated carbocycles. The average molecular weight is 182 g/mol. The molecule has 0 aliphatic rings. The molecule has 2 atom stereocenters. The van der Waals surface area contributed by atoms with Crippen molar-refractivity contribution in [1.82, 2.24) is 0 Å². The van der Waals surface area contributed by atoms with Gasteiger partial charge in [0.2, 0.25) is 0 Å². The molecule has 0 radical (unpaired) electrons. The smallest absolute Gasteiger partial charge is 0.145 e. The zero-order chi connectivity index (χ0) is 10.3. The van der Waals surface area contributed by atoms with Gasteiger partial charge in [0.1, 0.15) is 6.29 Å². The Labute approximate surface area is 82.2 Å². The lowest BCUT2D eigenvalue weighted by Crippen LogP contribution is -2.00. The van der Waals surface area contributed by atoms with Crippen LogP contribution < -0.4 is 0 Å². The van der Waals surface area contributed by atoms with E-state index in [-0.39, 0.29) is 0 Å². The largest absolute Gasteiger partial charge is 0.298 e. The third-order valence-electron chi connectivity index (χ3n) is 2.77. The van der Waals surface area contributed by atoms with Crippen LogP contribution in [-0.4, -0.2) is 6.29 Å². The topological polar surface area (TPSA) is 17.1 Å². The summed E-state index contributed by atoms with van der Waals surface area (Å²) < 4.78 is 0. The lowest BCUT2D eigenvalue weighted by atomic mass is 9.96. The normalized spacial score (nSPS) is 16.8. The summed E-state index contributed by atoms with van der Waals surface area (Å²) in [6.45, 7) is 8.62. The van der Waals surface area contributed by atoms with Crippen LogP contribution in [0.5, 0.6) is 0 Å². The number of allylic oxidation sites excluding steroid dienone is 2. The van der Waals surface area contributed by atoms with Crippen LogP contribution in [0.4, 0.5) is 0 Å². The molecule has 76 valence electrons. The van der Waals surface area contributed by atoms with Gasteiger partial charge in [-0.15, -0.1) is 0 Å². The molecule has 1 heteroatoms. The second kappa shape index (κ2) is 6.88. The molecule has 0 bridgehead atoms. The van der Waals surface area contributed by atoms with E-state index in [1.807, 2.05) is 0 Å². The first-order valence-corrected chi connectivity index (χ1v) is 5.30. The lowest BCUT2D eigenvalue weighted by Gasteiger charge is -2.09. The maximum atomic E-state index is 10.7. The van der Waals surface area contributed by atoms with E-state index in [1.54, 1.807) is 0 Å². The number of hydrogen-bond donors (Lipinski definition) is 0. The van der Waals surface area contributed by atoms with Crippen molar-refractivity contribution in [3.05, 3.63) is 11.6 Å². The minimum atomic E-state index is 0.418. The third kappa shape index (κ3) is 4.87. The second-order valence-electron chi connectivity index (χ2n) is 3.88. The van der Waals surface area contributed by atoms with Crippen LogP contribution in [0.3, 0.4) is 0 Å². The molecule has 0 aromatic rings. The highest BCUT2D eigenvalue weighted by molar-refractivity contribution is 5.73. The van der Waals surface area contributed by atoms with E-state index in [9.17, 15) is 4.79 Å². The Morgan fingerprint density at radius 3 is 2.23 bits per heavy atom. The summed E-state index contributed by atoms with van der Waals surface area (Å²) >= 11 is 0. The quantitative estimate of drug-likeness (QED) is 0.453. The van der Waals surface area contributed by atoms with Crippen LogP contribution >= 0.6 is 0 Å². The van der Waals surface area contributed by atoms with Crippen molar-refractivity contribution >= 4 is 6.29 Å². The van der Waals surface area contributed by atoms with Crippen molar-refractivity contribution in [2.45, 2.75) is 47.0 Å². The highest BCUT2D eigenvalue weighted by atomic mass is 16.1. The summed E-state index contributed by atoms with van der Waals surface area (Å²) in [7, 11) is 0. The van der Waals surface area contributed by atoms with Crippen LogP contribution in [0, 0.1) is 11.8 Å². The van der Waals surface area contributed by atoms with E-state index >= 15 is 0 Å². The Kier molecular flexibility index (Phi) is 6.56. The molecule has 0 fully saturated rings. The molecule has 0 aliphatic carbocycles. The summed E-state index contributed by atoms with van der Waals surface area (Å²) in [5, 5.41) is 0. The van der Waals surface area contributed by atoms with Gasteiger partial charge in [-0.2, -0.15) is 0 Å². The first-order chi connectivity index (χ1) is 6.15. The fraction of sp³-hybridized carbons (Fsp3) is 0.750. The van der Waals surface area contributed by atoms with Gasteiger partial charge in [-0.05, 0) is 30.3 Å². The predicted octanol–water partition coefficient (Wildman–Crippen LogP) is 3.59. The second-order valence-corrected chi connectivity index (χ2v) is 3.88. The van der Waals surface area contributed by atoms with Crippen LogP contribution in [0.15, 0.2) is 11.6 Å². The average Bonchev–Trinajstić information content (AvgIpc) is 2.17. The molecule has 13 heavy (non-hydrogen) atoms. The fourth-order valence-electron chi connectivity index (χ4n) is 1.11. The van der Waals surface area contributed by atoms with Gasteiger partial charge in [0.15, 0.2) is 0 Å². The van der Waals surface area contributed by atoms with Crippen LogP contribution in [-0.2, 0) is 4.79 Å². The van der Waals surface area contributed by atoms with E-state index in [4.69, 9.17) is 0 Å². The molecule has 0 aromatic heterocycles. The van der Waals surface area contributed by atoms with E-state index in [0.29, 0.717) is 11.8 Å². The van der Waals surface area contributed by atoms with E-state index in [0.717, 1.165) is 24.7 Å². The van der Waals surface area contributed by atoms with Crippen molar-refractivity contribution in [2.24, 2.45) is 11.8 Å². The van der Waals surface area contributed by atoms with Crippen molar-refractivity contribution in [3.63, 3.8) is 0 Å². The van der Waals surface area contributed by atoms with Gasteiger partial charge in [0, 0.05) is 0 Å². The first-order valence-electron chi connectivity index (χ1n) is 5.30. The predicted molar refractivity (Wildman–Crippen MR) is 57.7 cm³/mol. The number of carbonyl (C=O) groups excluding carboxylic acids is 1. The Morgan fingerprint density at radius 1 is 1.23 bits per heavy atom. The number of hydrogen-bond acceptors (Lipinski definition) is 1. The Balaban J connectivity index is 4.14. The summed E-state index contributed by atoms with van der Waals surface area (Å²) in [6.07, 6.45) is 6.38. The standard InChI is InChI=1S/C12H22O/c1-5-10(3)7-8-12(9-13)11(4)6-2/h8-11H,5-7H2,1-4H3. The lowest BCUT2D eigenvalue weighted by molar-refractivity contribution is -0.105. The minimum Gasteiger partial charge on any atom is -0.298 e. The first kappa shape index (κ1) is 12.4. The van der Waals surface area contributed by atoms with E-state index in [1.165, 1.54) is 6.42 Å². The van der Waals surface area contributed by atoms with E-state index in [2.05, 4.69) is 33.8 Å². The summed E-state index contributed by atoms with van der Waals surface area (Å²) in [4.78, 5) is 10.7. The van der Waals surface area contributed by atoms with Crippen molar-refractivity contribution in [2.75, 3.05) is 0 Å². The molecule has 0 N–H and O–H groups in total. The van der Waals surface area contributed by atoms with Gasteiger partial charge < -0.3 is 0 Å². The molecular formula is C12H22O. The third-order valence-corrected chi connectivity index (χ3v) is 2.77. The Bertz CT molecular complexity index is 170. The van der Waals surface area contributed by atoms with Crippen LogP contribution in [0.25, 0.3) is 0 Å². The van der Waals surface area contributed by atoms with Gasteiger partial charge in [-0.1, -0.05) is 40.2 Å². The summed E-state index contributed by atoms with van der Waals surface area (Å²) in [6, 6.07) is 0. The molecule has 0 saturated heterocycles. The van der Waals surface area contributed by atoms with E-state index < -0.39 is 0 Å². The van der Waals surface area contributed by atoms with Gasteiger partial charge in [0.25, 0.3) is 0 Å². The maximum absolute atomic E-state index is 10.7. The highest BCUT2D eigenvalue weighted by Gasteiger charge is 2.05. The molecule has 0 aliphatic heterocycles. The number of aldehydes is 1. The zero-order valence-electron chi connectivity index (χ0n) is 9.34. The van der Waals surface area contributed by atoms with Crippen LogP contribution in [0.1, 0.15) is 47.0 Å². The van der Waals surface area contributed by atoms with Gasteiger partial charge >= 0.3 is 0 Å². The number of carbonyl (C=O) groups is 1. The molecule has 0 aromatic carbocycles.